The van der Waals surface area contributed by atoms with Crippen molar-refractivity contribution in [2.45, 2.75) is 6.42 Å². The van der Waals surface area contributed by atoms with E-state index in [0.29, 0.717) is 6.54 Å². The predicted molar refractivity (Wildman–Crippen MR) is 54.1 cm³/mol. The molecule has 14 heavy (non-hydrogen) atoms. The summed E-state index contributed by atoms with van der Waals surface area (Å²) in [6.45, 7) is 0.659. The van der Waals surface area contributed by atoms with Crippen LogP contribution in [0.15, 0.2) is 37.1 Å². The third kappa shape index (κ3) is 1.80. The van der Waals surface area contributed by atoms with Gasteiger partial charge in [-0.05, 0) is 24.6 Å². The van der Waals surface area contributed by atoms with Gasteiger partial charge in [0.2, 0.25) is 0 Å². The molecule has 0 aliphatic heterocycles. The minimum Gasteiger partial charge on any atom is -0.330 e. The highest BCUT2D eigenvalue weighted by Crippen LogP contribution is 2.05. The van der Waals surface area contributed by atoms with Gasteiger partial charge in [-0.2, -0.15) is 0 Å². The SMILES string of the molecule is NCCc1ccc(-n2ccnc2)nc1. The maximum Gasteiger partial charge on any atom is 0.137 e. The first-order valence-electron chi connectivity index (χ1n) is 4.53. The molecule has 0 fully saturated rings. The van der Waals surface area contributed by atoms with Gasteiger partial charge in [0.1, 0.15) is 12.1 Å². The number of pyridine rings is 1. The van der Waals surface area contributed by atoms with Crippen LogP contribution in [0.2, 0.25) is 0 Å². The van der Waals surface area contributed by atoms with Gasteiger partial charge >= 0.3 is 0 Å². The van der Waals surface area contributed by atoms with Crippen LogP contribution in [0.5, 0.6) is 0 Å². The van der Waals surface area contributed by atoms with Gasteiger partial charge in [0, 0.05) is 18.6 Å². The van der Waals surface area contributed by atoms with Crippen molar-refractivity contribution in [2.75, 3.05) is 6.54 Å². The van der Waals surface area contributed by atoms with E-state index in [-0.39, 0.29) is 0 Å². The fourth-order valence-electron chi connectivity index (χ4n) is 1.28. The summed E-state index contributed by atoms with van der Waals surface area (Å²) < 4.78 is 1.87. The van der Waals surface area contributed by atoms with E-state index in [2.05, 4.69) is 9.97 Å². The first-order valence-corrected chi connectivity index (χ1v) is 4.53. The molecule has 0 bridgehead atoms. The van der Waals surface area contributed by atoms with Crippen LogP contribution in [0.1, 0.15) is 5.56 Å². The summed E-state index contributed by atoms with van der Waals surface area (Å²) in [5.41, 5.74) is 6.61. The van der Waals surface area contributed by atoms with E-state index in [1.165, 1.54) is 0 Å². The Hall–Kier alpha value is -1.68. The van der Waals surface area contributed by atoms with Gasteiger partial charge in [-0.3, -0.25) is 4.57 Å². The first-order chi connectivity index (χ1) is 6.90. The van der Waals surface area contributed by atoms with Gasteiger partial charge in [0.25, 0.3) is 0 Å². The van der Waals surface area contributed by atoms with Crippen molar-refractivity contribution in [3.8, 4) is 5.82 Å². The Balaban J connectivity index is 2.22. The Kier molecular flexibility index (Phi) is 2.55. The van der Waals surface area contributed by atoms with Crippen LogP contribution in [0.25, 0.3) is 5.82 Å². The van der Waals surface area contributed by atoms with Crippen molar-refractivity contribution in [3.63, 3.8) is 0 Å². The molecule has 0 amide bonds. The lowest BCUT2D eigenvalue weighted by Crippen LogP contribution is -2.03. The summed E-state index contributed by atoms with van der Waals surface area (Å²) in [7, 11) is 0. The van der Waals surface area contributed by atoms with Crippen molar-refractivity contribution in [1.82, 2.24) is 14.5 Å². The molecule has 72 valence electrons. The largest absolute Gasteiger partial charge is 0.330 e. The summed E-state index contributed by atoms with van der Waals surface area (Å²) in [6.07, 6.45) is 8.05. The van der Waals surface area contributed by atoms with Crippen LogP contribution in [-0.2, 0) is 6.42 Å². The molecule has 0 atom stereocenters. The highest BCUT2D eigenvalue weighted by molar-refractivity contribution is 5.25. The molecule has 4 nitrogen and oxygen atoms in total. The standard InChI is InChI=1S/C10H12N4/c11-4-3-9-1-2-10(13-7-9)14-6-5-12-8-14/h1-2,5-8H,3-4,11H2. The second kappa shape index (κ2) is 4.02. The van der Waals surface area contributed by atoms with Gasteiger partial charge in [-0.1, -0.05) is 6.07 Å². The molecule has 2 rings (SSSR count). The van der Waals surface area contributed by atoms with Crippen molar-refractivity contribution in [2.24, 2.45) is 5.73 Å². The summed E-state index contributed by atoms with van der Waals surface area (Å²) in [6, 6.07) is 4.00. The Labute approximate surface area is 82.4 Å². The highest BCUT2D eigenvalue weighted by atomic mass is 15.1. The molecule has 0 radical (unpaired) electrons. The number of hydrogen-bond acceptors (Lipinski definition) is 3. The summed E-state index contributed by atoms with van der Waals surface area (Å²) in [5, 5.41) is 0. The van der Waals surface area contributed by atoms with E-state index >= 15 is 0 Å². The normalized spacial score (nSPS) is 10.4. The van der Waals surface area contributed by atoms with E-state index < -0.39 is 0 Å². The zero-order valence-electron chi connectivity index (χ0n) is 7.80. The Morgan fingerprint density at radius 1 is 1.36 bits per heavy atom. The van der Waals surface area contributed by atoms with Gasteiger partial charge in [-0.15, -0.1) is 0 Å². The third-order valence-electron chi connectivity index (χ3n) is 2.01. The van der Waals surface area contributed by atoms with Crippen LogP contribution >= 0.6 is 0 Å². The highest BCUT2D eigenvalue weighted by Gasteiger charge is 1.96. The van der Waals surface area contributed by atoms with Crippen molar-refractivity contribution in [1.29, 1.82) is 0 Å². The zero-order chi connectivity index (χ0) is 9.80. The van der Waals surface area contributed by atoms with Crippen molar-refractivity contribution >= 4 is 0 Å². The summed E-state index contributed by atoms with van der Waals surface area (Å²) in [4.78, 5) is 8.27. The quantitative estimate of drug-likeness (QED) is 0.774. The molecule has 2 aromatic rings. The minimum absolute atomic E-state index is 0.659. The average molecular weight is 188 g/mol. The second-order valence-corrected chi connectivity index (χ2v) is 3.03. The fourth-order valence-corrected chi connectivity index (χ4v) is 1.28. The number of hydrogen-bond donors (Lipinski definition) is 1. The Morgan fingerprint density at radius 2 is 2.29 bits per heavy atom. The molecule has 0 unspecified atom stereocenters. The molecular formula is C10H12N4. The van der Waals surface area contributed by atoms with Gasteiger partial charge in [-0.25, -0.2) is 9.97 Å². The molecule has 4 heteroatoms. The fraction of sp³-hybridized carbons (Fsp3) is 0.200. The van der Waals surface area contributed by atoms with Gasteiger partial charge < -0.3 is 5.73 Å². The molecule has 0 aliphatic carbocycles. The molecule has 0 aliphatic rings. The van der Waals surface area contributed by atoms with E-state index in [0.717, 1.165) is 17.8 Å². The maximum absolute atomic E-state index is 5.45. The molecule has 0 saturated carbocycles. The lowest BCUT2D eigenvalue weighted by molar-refractivity contribution is 0.937. The van der Waals surface area contributed by atoms with E-state index in [4.69, 9.17) is 5.73 Å². The van der Waals surface area contributed by atoms with Crippen LogP contribution < -0.4 is 5.73 Å². The second-order valence-electron chi connectivity index (χ2n) is 3.03. The van der Waals surface area contributed by atoms with Gasteiger partial charge in [0.15, 0.2) is 0 Å². The van der Waals surface area contributed by atoms with Crippen LogP contribution in [0.3, 0.4) is 0 Å². The summed E-state index contributed by atoms with van der Waals surface area (Å²) >= 11 is 0. The molecule has 0 spiro atoms. The average Bonchev–Trinajstić information content (AvgIpc) is 2.72. The predicted octanol–water partition coefficient (Wildman–Crippen LogP) is 0.768. The molecule has 0 saturated heterocycles. The Morgan fingerprint density at radius 3 is 2.86 bits per heavy atom. The lowest BCUT2D eigenvalue weighted by atomic mass is 10.2. The number of imidazole rings is 1. The van der Waals surface area contributed by atoms with Crippen LogP contribution in [0, 0.1) is 0 Å². The smallest absolute Gasteiger partial charge is 0.137 e. The zero-order valence-corrected chi connectivity index (χ0v) is 7.80. The molecule has 2 aromatic heterocycles. The number of nitrogens with zero attached hydrogens (tertiary/aromatic N) is 3. The van der Waals surface area contributed by atoms with E-state index in [9.17, 15) is 0 Å². The number of rotatable bonds is 3. The van der Waals surface area contributed by atoms with Crippen molar-refractivity contribution < 1.29 is 0 Å². The molecule has 2 N–H and O–H groups in total. The minimum atomic E-state index is 0.659. The number of aromatic nitrogens is 3. The maximum atomic E-state index is 5.45. The third-order valence-corrected chi connectivity index (χ3v) is 2.01. The van der Waals surface area contributed by atoms with E-state index in [1.807, 2.05) is 29.1 Å². The Bertz CT molecular complexity index is 377. The lowest BCUT2D eigenvalue weighted by Gasteiger charge is -2.02. The van der Waals surface area contributed by atoms with Gasteiger partial charge in [0.05, 0.1) is 0 Å². The number of nitrogens with two attached hydrogens (primary N) is 1. The monoisotopic (exact) mass is 188 g/mol. The first kappa shape index (κ1) is 8.90. The summed E-state index contributed by atoms with van der Waals surface area (Å²) in [5.74, 6) is 0.878. The van der Waals surface area contributed by atoms with E-state index in [1.54, 1.807) is 12.5 Å². The molecule has 2 heterocycles. The topological polar surface area (TPSA) is 56.7 Å². The molecular weight excluding hydrogens is 176 g/mol. The van der Waals surface area contributed by atoms with Crippen LogP contribution in [-0.4, -0.2) is 21.1 Å². The molecule has 0 aromatic carbocycles. The van der Waals surface area contributed by atoms with Crippen molar-refractivity contribution in [3.05, 3.63) is 42.6 Å². The van der Waals surface area contributed by atoms with Crippen LogP contribution in [0.4, 0.5) is 0 Å².